The van der Waals surface area contributed by atoms with Crippen molar-refractivity contribution in [3.05, 3.63) is 0 Å². The van der Waals surface area contributed by atoms with Gasteiger partial charge in [0, 0.05) is 18.6 Å². The second-order valence-corrected chi connectivity index (χ2v) is 6.25. The molecule has 0 aromatic carbocycles. The normalized spacial score (nSPS) is 12.2. The molecule has 0 aromatic rings. The molecule has 0 aliphatic rings. The summed E-state index contributed by atoms with van der Waals surface area (Å²) in [6.07, 6.45) is 3.18. The number of carbonyl (C=O) groups is 1. The molecule has 19 heavy (non-hydrogen) atoms. The molecule has 0 aliphatic heterocycles. The van der Waals surface area contributed by atoms with Gasteiger partial charge in [0.2, 0.25) is 5.91 Å². The number of amides is 1. The molecule has 0 radical (unpaired) electrons. The van der Waals surface area contributed by atoms with Gasteiger partial charge in [-0.05, 0) is 46.1 Å². The van der Waals surface area contributed by atoms with Gasteiger partial charge >= 0.3 is 0 Å². The molecular formula is C13H28N4OS. The van der Waals surface area contributed by atoms with Crippen LogP contribution in [0.4, 0.5) is 0 Å². The summed E-state index contributed by atoms with van der Waals surface area (Å²) in [6.45, 7) is 9.69. The minimum absolute atomic E-state index is 0.0613. The number of hydrogen-bond donors (Lipinski definition) is 3. The lowest BCUT2D eigenvalue weighted by Gasteiger charge is -2.20. The van der Waals surface area contributed by atoms with Crippen LogP contribution in [0.25, 0.3) is 0 Å². The highest BCUT2D eigenvalue weighted by Crippen LogP contribution is 1.97. The monoisotopic (exact) mass is 288 g/mol. The highest BCUT2D eigenvalue weighted by atomic mass is 32.2. The lowest BCUT2D eigenvalue weighted by molar-refractivity contribution is -0.121. The van der Waals surface area contributed by atoms with Gasteiger partial charge in [-0.25, -0.2) is 4.99 Å². The van der Waals surface area contributed by atoms with Gasteiger partial charge in [-0.3, -0.25) is 4.79 Å². The van der Waals surface area contributed by atoms with Crippen molar-refractivity contribution >= 4 is 23.6 Å². The molecule has 0 fully saturated rings. The molecule has 1 amide bonds. The fourth-order valence-corrected chi connectivity index (χ4v) is 1.81. The summed E-state index contributed by atoms with van der Waals surface area (Å²) in [5, 5.41) is 9.24. The number of thioether (sulfide) groups is 1. The molecule has 0 atom stereocenters. The average molecular weight is 288 g/mol. The molecule has 0 aliphatic carbocycles. The van der Waals surface area contributed by atoms with Crippen molar-refractivity contribution in [1.82, 2.24) is 16.0 Å². The Morgan fingerprint density at radius 3 is 2.47 bits per heavy atom. The summed E-state index contributed by atoms with van der Waals surface area (Å²) in [6, 6.07) is 0. The van der Waals surface area contributed by atoms with Crippen molar-refractivity contribution in [1.29, 1.82) is 0 Å². The molecule has 5 nitrogen and oxygen atoms in total. The van der Waals surface area contributed by atoms with Crippen LogP contribution in [-0.4, -0.2) is 49.0 Å². The second-order valence-electron chi connectivity index (χ2n) is 5.27. The van der Waals surface area contributed by atoms with Crippen molar-refractivity contribution < 1.29 is 4.79 Å². The Kier molecular flexibility index (Phi) is 9.47. The van der Waals surface area contributed by atoms with E-state index in [-0.39, 0.29) is 18.0 Å². The Hall–Kier alpha value is -0.910. The fraction of sp³-hybridized carbons (Fsp3) is 0.846. The summed E-state index contributed by atoms with van der Waals surface area (Å²) < 4.78 is 0. The molecular weight excluding hydrogens is 260 g/mol. The van der Waals surface area contributed by atoms with Crippen LogP contribution in [0.3, 0.4) is 0 Å². The first-order chi connectivity index (χ1) is 8.89. The van der Waals surface area contributed by atoms with Crippen molar-refractivity contribution in [2.24, 2.45) is 4.99 Å². The first-order valence-electron chi connectivity index (χ1n) is 6.71. The molecule has 6 heteroatoms. The maximum Gasteiger partial charge on any atom is 0.242 e. The SMILES string of the molecule is CCNC(=NCC(=O)NC(C)(C)C)NCCCSC. The Balaban J connectivity index is 4.14. The van der Waals surface area contributed by atoms with Gasteiger partial charge < -0.3 is 16.0 Å². The predicted molar refractivity (Wildman–Crippen MR) is 84.9 cm³/mol. The summed E-state index contributed by atoms with van der Waals surface area (Å²) in [5.74, 6) is 1.76. The molecule has 0 heterocycles. The Morgan fingerprint density at radius 1 is 1.26 bits per heavy atom. The van der Waals surface area contributed by atoms with E-state index in [1.807, 2.05) is 39.5 Å². The van der Waals surface area contributed by atoms with Crippen LogP contribution in [0.5, 0.6) is 0 Å². The van der Waals surface area contributed by atoms with Crippen LogP contribution in [-0.2, 0) is 4.79 Å². The summed E-state index contributed by atoms with van der Waals surface area (Å²) >= 11 is 1.83. The first-order valence-corrected chi connectivity index (χ1v) is 8.10. The largest absolute Gasteiger partial charge is 0.357 e. The lowest BCUT2D eigenvalue weighted by Crippen LogP contribution is -2.43. The van der Waals surface area contributed by atoms with Gasteiger partial charge in [0.1, 0.15) is 6.54 Å². The Labute approximate surface area is 121 Å². The van der Waals surface area contributed by atoms with E-state index in [9.17, 15) is 4.79 Å². The van der Waals surface area contributed by atoms with E-state index >= 15 is 0 Å². The lowest BCUT2D eigenvalue weighted by atomic mass is 10.1. The number of rotatable bonds is 7. The van der Waals surface area contributed by atoms with E-state index < -0.39 is 0 Å². The zero-order valence-corrected chi connectivity index (χ0v) is 13.6. The molecule has 0 rings (SSSR count). The van der Waals surface area contributed by atoms with Crippen molar-refractivity contribution in [2.45, 2.75) is 39.7 Å². The van der Waals surface area contributed by atoms with Crippen LogP contribution >= 0.6 is 11.8 Å². The molecule has 112 valence electrons. The van der Waals surface area contributed by atoms with E-state index in [4.69, 9.17) is 0 Å². The number of guanidine groups is 1. The molecule has 0 saturated carbocycles. The van der Waals surface area contributed by atoms with Crippen molar-refractivity contribution in [2.75, 3.05) is 31.6 Å². The molecule has 0 bridgehead atoms. The third-order valence-corrected chi connectivity index (χ3v) is 2.75. The zero-order chi connectivity index (χ0) is 14.7. The van der Waals surface area contributed by atoms with Crippen LogP contribution in [0.15, 0.2) is 4.99 Å². The smallest absolute Gasteiger partial charge is 0.242 e. The van der Waals surface area contributed by atoms with Crippen LogP contribution < -0.4 is 16.0 Å². The van der Waals surface area contributed by atoms with Crippen LogP contribution in [0.2, 0.25) is 0 Å². The van der Waals surface area contributed by atoms with Crippen LogP contribution in [0, 0.1) is 0 Å². The highest BCUT2D eigenvalue weighted by molar-refractivity contribution is 7.98. The van der Waals surface area contributed by atoms with Gasteiger partial charge in [0.25, 0.3) is 0 Å². The quantitative estimate of drug-likeness (QED) is 0.374. The molecule has 0 spiro atoms. The van der Waals surface area contributed by atoms with Gasteiger partial charge in [0.15, 0.2) is 5.96 Å². The van der Waals surface area contributed by atoms with E-state index in [0.717, 1.165) is 25.3 Å². The minimum atomic E-state index is -0.212. The van der Waals surface area contributed by atoms with E-state index in [1.165, 1.54) is 0 Å². The summed E-state index contributed by atoms with van der Waals surface area (Å²) in [7, 11) is 0. The van der Waals surface area contributed by atoms with Gasteiger partial charge in [-0.1, -0.05) is 0 Å². The molecule has 0 aromatic heterocycles. The predicted octanol–water partition coefficient (Wildman–Crippen LogP) is 1.21. The number of nitrogens with one attached hydrogen (secondary N) is 3. The standard InChI is InChI=1S/C13H28N4OS/c1-6-14-12(15-8-7-9-19-5)16-10-11(18)17-13(2,3)4/h6-10H2,1-5H3,(H,17,18)(H2,14,15,16). The fourth-order valence-electron chi connectivity index (χ4n) is 1.37. The van der Waals surface area contributed by atoms with Gasteiger partial charge in [-0.2, -0.15) is 11.8 Å². The Bertz CT molecular complexity index is 287. The van der Waals surface area contributed by atoms with E-state index in [0.29, 0.717) is 5.96 Å². The number of carbonyl (C=O) groups excluding carboxylic acids is 1. The van der Waals surface area contributed by atoms with Crippen LogP contribution in [0.1, 0.15) is 34.1 Å². The first kappa shape index (κ1) is 18.1. The Morgan fingerprint density at radius 2 is 1.95 bits per heavy atom. The summed E-state index contributed by atoms with van der Waals surface area (Å²) in [4.78, 5) is 15.9. The number of nitrogens with zero attached hydrogens (tertiary/aromatic N) is 1. The van der Waals surface area contributed by atoms with Crippen molar-refractivity contribution in [3.63, 3.8) is 0 Å². The molecule has 0 saturated heterocycles. The third-order valence-electron chi connectivity index (χ3n) is 2.06. The molecule has 0 unspecified atom stereocenters. The van der Waals surface area contributed by atoms with Gasteiger partial charge in [0.05, 0.1) is 0 Å². The third kappa shape index (κ3) is 11.9. The average Bonchev–Trinajstić information content (AvgIpc) is 2.29. The van der Waals surface area contributed by atoms with E-state index in [2.05, 4.69) is 27.2 Å². The number of aliphatic imine (C=N–C) groups is 1. The maximum atomic E-state index is 11.7. The molecule has 3 N–H and O–H groups in total. The van der Waals surface area contributed by atoms with Gasteiger partial charge in [-0.15, -0.1) is 0 Å². The summed E-state index contributed by atoms with van der Waals surface area (Å²) in [5.41, 5.74) is -0.212. The minimum Gasteiger partial charge on any atom is -0.357 e. The zero-order valence-electron chi connectivity index (χ0n) is 12.8. The second kappa shape index (κ2) is 9.95. The van der Waals surface area contributed by atoms with Crippen molar-refractivity contribution in [3.8, 4) is 0 Å². The van der Waals surface area contributed by atoms with E-state index in [1.54, 1.807) is 0 Å². The number of hydrogen-bond acceptors (Lipinski definition) is 3. The highest BCUT2D eigenvalue weighted by Gasteiger charge is 2.13. The topological polar surface area (TPSA) is 65.5 Å². The maximum absolute atomic E-state index is 11.7.